The maximum atomic E-state index is 9.64. The van der Waals surface area contributed by atoms with Crippen molar-refractivity contribution in [2.75, 3.05) is 5.32 Å². The lowest BCUT2D eigenvalue weighted by molar-refractivity contribution is 0.469. The Balaban J connectivity index is 2.07. The molecular weight excluding hydrogens is 214 g/mol. The Bertz CT molecular complexity index is 505. The van der Waals surface area contributed by atoms with Crippen molar-refractivity contribution in [3.05, 3.63) is 41.6 Å². The quantitative estimate of drug-likeness (QED) is 0.850. The van der Waals surface area contributed by atoms with Gasteiger partial charge in [0, 0.05) is 30.4 Å². The average molecular weight is 231 g/mol. The van der Waals surface area contributed by atoms with Gasteiger partial charge in [0.2, 0.25) is 0 Å². The van der Waals surface area contributed by atoms with Crippen LogP contribution in [0.5, 0.6) is 5.75 Å². The summed E-state index contributed by atoms with van der Waals surface area (Å²) in [6, 6.07) is 7.31. The molecule has 1 aromatic carbocycles. The van der Waals surface area contributed by atoms with E-state index in [2.05, 4.69) is 17.3 Å². The number of phenolic OH excluding ortho intramolecular Hbond substituents is 1. The highest BCUT2D eigenvalue weighted by Gasteiger charge is 2.05. The van der Waals surface area contributed by atoms with Crippen molar-refractivity contribution >= 4 is 5.82 Å². The number of para-hydroxylation sites is 1. The zero-order valence-electron chi connectivity index (χ0n) is 10.1. The Morgan fingerprint density at radius 3 is 2.76 bits per heavy atom. The number of rotatable bonds is 4. The lowest BCUT2D eigenvalue weighted by atomic mass is 10.2. The molecule has 0 saturated carbocycles. The van der Waals surface area contributed by atoms with E-state index in [1.807, 2.05) is 36.0 Å². The molecule has 2 aromatic rings. The van der Waals surface area contributed by atoms with Crippen molar-refractivity contribution in [2.24, 2.45) is 0 Å². The molecule has 90 valence electrons. The molecule has 4 nitrogen and oxygen atoms in total. The maximum Gasteiger partial charge on any atom is 0.151 e. The number of hydrogen-bond acceptors (Lipinski definition) is 3. The fourth-order valence-electron chi connectivity index (χ4n) is 1.70. The zero-order chi connectivity index (χ0) is 12.3. The minimum absolute atomic E-state index is 0.313. The summed E-state index contributed by atoms with van der Waals surface area (Å²) in [5.41, 5.74) is 1.99. The molecule has 0 saturated heterocycles. The number of hydrogen-bond donors (Lipinski definition) is 2. The second-order valence-corrected chi connectivity index (χ2v) is 4.00. The molecule has 1 heterocycles. The van der Waals surface area contributed by atoms with Gasteiger partial charge >= 0.3 is 0 Å². The molecule has 0 radical (unpaired) electrons. The molecule has 0 bridgehead atoms. The van der Waals surface area contributed by atoms with Gasteiger partial charge in [-0.05, 0) is 19.9 Å². The first kappa shape index (κ1) is 11.5. The van der Waals surface area contributed by atoms with Crippen molar-refractivity contribution < 1.29 is 5.11 Å². The lowest BCUT2D eigenvalue weighted by Gasteiger charge is -2.06. The third-order valence-corrected chi connectivity index (χ3v) is 2.71. The van der Waals surface area contributed by atoms with Crippen LogP contribution in [0.2, 0.25) is 0 Å². The van der Waals surface area contributed by atoms with Gasteiger partial charge in [-0.1, -0.05) is 18.2 Å². The predicted octanol–water partition coefficient (Wildman–Crippen LogP) is 2.53. The van der Waals surface area contributed by atoms with Crippen LogP contribution in [0.15, 0.2) is 30.5 Å². The molecule has 2 N–H and O–H groups in total. The Hall–Kier alpha value is -1.97. The molecule has 0 aliphatic carbocycles. The highest BCUT2D eigenvalue weighted by Crippen LogP contribution is 2.18. The molecule has 0 amide bonds. The van der Waals surface area contributed by atoms with Crippen molar-refractivity contribution in [1.29, 1.82) is 0 Å². The Morgan fingerprint density at radius 2 is 2.12 bits per heavy atom. The number of benzene rings is 1. The summed E-state index contributed by atoms with van der Waals surface area (Å²) < 4.78 is 1.89. The van der Waals surface area contributed by atoms with Gasteiger partial charge in [-0.25, -0.2) is 0 Å². The van der Waals surface area contributed by atoms with Crippen molar-refractivity contribution in [3.63, 3.8) is 0 Å². The SMILES string of the molecule is CCn1cc(C)c(NCc2ccccc2O)n1. The second kappa shape index (κ2) is 4.91. The molecular formula is C13H17N3O. The van der Waals surface area contributed by atoms with Gasteiger partial charge in [-0.15, -0.1) is 0 Å². The summed E-state index contributed by atoms with van der Waals surface area (Å²) in [5, 5.41) is 17.3. The molecule has 0 fully saturated rings. The lowest BCUT2D eigenvalue weighted by Crippen LogP contribution is -2.02. The Kier molecular flexibility index (Phi) is 3.32. The third-order valence-electron chi connectivity index (χ3n) is 2.71. The van der Waals surface area contributed by atoms with Crippen LogP contribution in [0.25, 0.3) is 0 Å². The second-order valence-electron chi connectivity index (χ2n) is 4.00. The molecule has 0 unspecified atom stereocenters. The van der Waals surface area contributed by atoms with Crippen LogP contribution in [-0.4, -0.2) is 14.9 Å². The van der Waals surface area contributed by atoms with Crippen LogP contribution in [0.3, 0.4) is 0 Å². The molecule has 0 aliphatic heterocycles. The first-order chi connectivity index (χ1) is 8.20. The third kappa shape index (κ3) is 2.58. The van der Waals surface area contributed by atoms with Crippen LogP contribution in [0.4, 0.5) is 5.82 Å². The minimum Gasteiger partial charge on any atom is -0.508 e. The molecule has 2 rings (SSSR count). The fourth-order valence-corrected chi connectivity index (χ4v) is 1.70. The summed E-state index contributed by atoms with van der Waals surface area (Å²) >= 11 is 0. The first-order valence-corrected chi connectivity index (χ1v) is 5.75. The maximum absolute atomic E-state index is 9.64. The van der Waals surface area contributed by atoms with Crippen LogP contribution in [0, 0.1) is 6.92 Å². The van der Waals surface area contributed by atoms with E-state index in [4.69, 9.17) is 0 Å². The van der Waals surface area contributed by atoms with E-state index in [0.29, 0.717) is 12.3 Å². The highest BCUT2D eigenvalue weighted by atomic mass is 16.3. The van der Waals surface area contributed by atoms with E-state index in [1.165, 1.54) is 0 Å². The number of anilines is 1. The highest BCUT2D eigenvalue weighted by molar-refractivity contribution is 5.44. The summed E-state index contributed by atoms with van der Waals surface area (Å²) in [4.78, 5) is 0. The van der Waals surface area contributed by atoms with E-state index in [1.54, 1.807) is 6.07 Å². The number of nitrogens with zero attached hydrogens (tertiary/aromatic N) is 2. The Labute approximate surface area is 101 Å². The van der Waals surface area contributed by atoms with Gasteiger partial charge in [-0.3, -0.25) is 4.68 Å². The molecule has 0 spiro atoms. The van der Waals surface area contributed by atoms with Crippen molar-refractivity contribution in [1.82, 2.24) is 9.78 Å². The van der Waals surface area contributed by atoms with E-state index < -0.39 is 0 Å². The number of aromatic nitrogens is 2. The van der Waals surface area contributed by atoms with Gasteiger partial charge in [0.05, 0.1) is 0 Å². The summed E-state index contributed by atoms with van der Waals surface area (Å²) in [5.74, 6) is 1.18. The van der Waals surface area contributed by atoms with Crippen LogP contribution < -0.4 is 5.32 Å². The molecule has 0 aliphatic rings. The standard InChI is InChI=1S/C13H17N3O/c1-3-16-9-10(2)13(15-16)14-8-11-6-4-5-7-12(11)17/h4-7,9,17H,3,8H2,1-2H3,(H,14,15). The molecule has 4 heteroatoms. The minimum atomic E-state index is 0.313. The van der Waals surface area contributed by atoms with E-state index in [-0.39, 0.29) is 0 Å². The molecule has 0 atom stereocenters. The van der Waals surface area contributed by atoms with E-state index in [9.17, 15) is 5.11 Å². The monoisotopic (exact) mass is 231 g/mol. The van der Waals surface area contributed by atoms with Crippen molar-refractivity contribution in [2.45, 2.75) is 26.9 Å². The first-order valence-electron chi connectivity index (χ1n) is 5.75. The van der Waals surface area contributed by atoms with Crippen molar-refractivity contribution in [3.8, 4) is 5.75 Å². The molecule has 17 heavy (non-hydrogen) atoms. The largest absolute Gasteiger partial charge is 0.508 e. The summed E-state index contributed by atoms with van der Waals surface area (Å²) in [6.45, 7) is 5.51. The van der Waals surface area contributed by atoms with E-state index in [0.717, 1.165) is 23.5 Å². The average Bonchev–Trinajstić information content (AvgIpc) is 2.69. The summed E-state index contributed by atoms with van der Waals surface area (Å²) in [7, 11) is 0. The van der Waals surface area contributed by atoms with Crippen LogP contribution in [-0.2, 0) is 13.1 Å². The Morgan fingerprint density at radius 1 is 1.35 bits per heavy atom. The zero-order valence-corrected chi connectivity index (χ0v) is 10.1. The van der Waals surface area contributed by atoms with Gasteiger partial charge in [-0.2, -0.15) is 5.10 Å². The molecule has 1 aromatic heterocycles. The number of nitrogens with one attached hydrogen (secondary N) is 1. The van der Waals surface area contributed by atoms with Crippen LogP contribution in [0.1, 0.15) is 18.1 Å². The van der Waals surface area contributed by atoms with Crippen LogP contribution >= 0.6 is 0 Å². The van der Waals surface area contributed by atoms with E-state index >= 15 is 0 Å². The normalized spacial score (nSPS) is 10.5. The summed E-state index contributed by atoms with van der Waals surface area (Å²) in [6.07, 6.45) is 2.01. The van der Waals surface area contributed by atoms with Gasteiger partial charge < -0.3 is 10.4 Å². The number of phenols is 1. The van der Waals surface area contributed by atoms with Gasteiger partial charge in [0.25, 0.3) is 0 Å². The number of aromatic hydroxyl groups is 1. The topological polar surface area (TPSA) is 50.1 Å². The predicted molar refractivity (Wildman–Crippen MR) is 68.1 cm³/mol. The van der Waals surface area contributed by atoms with Gasteiger partial charge in [0.15, 0.2) is 5.82 Å². The smallest absolute Gasteiger partial charge is 0.151 e. The van der Waals surface area contributed by atoms with Gasteiger partial charge in [0.1, 0.15) is 5.75 Å². The fraction of sp³-hybridized carbons (Fsp3) is 0.308. The number of aryl methyl sites for hydroxylation is 2.